The van der Waals surface area contributed by atoms with Gasteiger partial charge in [0.25, 0.3) is 0 Å². The first kappa shape index (κ1) is 23.9. The molecule has 0 saturated heterocycles. The topological polar surface area (TPSA) is 23.5 Å². The van der Waals surface area contributed by atoms with Gasteiger partial charge in [-0.25, -0.2) is 0 Å². The number of nitrogens with zero attached hydrogens (tertiary/aromatic N) is 1. The fourth-order valence-corrected chi connectivity index (χ4v) is 5.49. The Morgan fingerprint density at radius 2 is 1.62 bits per heavy atom. The summed E-state index contributed by atoms with van der Waals surface area (Å²) in [6.45, 7) is 19.7. The Morgan fingerprint density at radius 3 is 2.17 bits per heavy atom. The Balaban J connectivity index is 2.59. The number of phenolic OH excluding ortho intramolecular Hbond substituents is 1. The molecule has 160 valence electrons. The largest absolute Gasteiger partial charge is 0.507 e. The van der Waals surface area contributed by atoms with Crippen molar-refractivity contribution in [3.8, 4) is 5.75 Å². The van der Waals surface area contributed by atoms with E-state index in [1.165, 1.54) is 22.0 Å². The summed E-state index contributed by atoms with van der Waals surface area (Å²) in [6, 6.07) is 11.0. The number of rotatable bonds is 7. The summed E-state index contributed by atoms with van der Waals surface area (Å²) < 4.78 is 0. The first-order chi connectivity index (χ1) is 13.4. The van der Waals surface area contributed by atoms with E-state index in [0.29, 0.717) is 14.3 Å². The maximum Gasteiger partial charge on any atom is 0.123 e. The summed E-state index contributed by atoms with van der Waals surface area (Å²) in [6.07, 6.45) is 0.990. The molecule has 0 saturated carbocycles. The lowest BCUT2D eigenvalue weighted by Crippen LogP contribution is -2.26. The lowest BCUT2D eigenvalue weighted by atomic mass is 9.82. The lowest BCUT2D eigenvalue weighted by Gasteiger charge is -2.34. The van der Waals surface area contributed by atoms with Crippen LogP contribution in [0.15, 0.2) is 30.3 Å². The zero-order valence-electron chi connectivity index (χ0n) is 19.9. The van der Waals surface area contributed by atoms with Gasteiger partial charge in [0.2, 0.25) is 0 Å². The van der Waals surface area contributed by atoms with Crippen LogP contribution >= 0.6 is 8.58 Å². The molecule has 0 aliphatic carbocycles. The molecule has 0 aromatic heterocycles. The summed E-state index contributed by atoms with van der Waals surface area (Å²) in [5.41, 5.74) is 6.06. The molecule has 0 spiro atoms. The van der Waals surface area contributed by atoms with E-state index in [1.807, 2.05) is 0 Å². The summed E-state index contributed by atoms with van der Waals surface area (Å²) in [5, 5.41) is 12.7. The Kier molecular flexibility index (Phi) is 7.57. The SMILES string of the molecule is CCN(C)Cc1cccc(C)c1PC(C)(CC)c1cc(C)cc(C(C)(C)C)c1O. The van der Waals surface area contributed by atoms with Crippen LogP contribution < -0.4 is 5.30 Å². The van der Waals surface area contributed by atoms with Crippen LogP contribution in [0, 0.1) is 13.8 Å². The van der Waals surface area contributed by atoms with Crippen LogP contribution in [0.25, 0.3) is 0 Å². The highest BCUT2D eigenvalue weighted by Gasteiger charge is 2.32. The molecule has 3 heteroatoms. The van der Waals surface area contributed by atoms with Crippen molar-refractivity contribution < 1.29 is 5.11 Å². The fraction of sp³-hybridized carbons (Fsp3) is 0.538. The smallest absolute Gasteiger partial charge is 0.123 e. The Morgan fingerprint density at radius 1 is 1.00 bits per heavy atom. The van der Waals surface area contributed by atoms with Gasteiger partial charge in [0, 0.05) is 17.3 Å². The molecule has 2 nitrogen and oxygen atoms in total. The van der Waals surface area contributed by atoms with Gasteiger partial charge in [-0.1, -0.05) is 86.0 Å². The molecular weight excluding hydrogens is 373 g/mol. The normalized spacial score (nSPS) is 14.7. The van der Waals surface area contributed by atoms with Gasteiger partial charge >= 0.3 is 0 Å². The van der Waals surface area contributed by atoms with Gasteiger partial charge in [0.15, 0.2) is 0 Å². The summed E-state index contributed by atoms with van der Waals surface area (Å²) in [7, 11) is 2.79. The zero-order valence-corrected chi connectivity index (χ0v) is 20.9. The monoisotopic (exact) mass is 413 g/mol. The first-order valence-corrected chi connectivity index (χ1v) is 11.8. The zero-order chi connectivity index (χ0) is 22.0. The minimum Gasteiger partial charge on any atom is -0.507 e. The molecule has 2 unspecified atom stereocenters. The Bertz CT molecular complexity index is 853. The predicted molar refractivity (Wildman–Crippen MR) is 130 cm³/mol. The summed E-state index contributed by atoms with van der Waals surface area (Å²) >= 11 is 0. The van der Waals surface area contributed by atoms with Gasteiger partial charge in [-0.15, -0.1) is 0 Å². The van der Waals surface area contributed by atoms with Crippen LogP contribution in [-0.4, -0.2) is 23.6 Å². The average molecular weight is 414 g/mol. The molecule has 0 amide bonds. The third-order valence-electron chi connectivity index (χ3n) is 6.10. The molecule has 0 aliphatic heterocycles. The second-order valence-electron chi connectivity index (χ2n) is 9.71. The van der Waals surface area contributed by atoms with E-state index in [4.69, 9.17) is 0 Å². The van der Waals surface area contributed by atoms with Crippen molar-refractivity contribution in [1.82, 2.24) is 4.90 Å². The molecule has 29 heavy (non-hydrogen) atoms. The number of hydrogen-bond donors (Lipinski definition) is 1. The van der Waals surface area contributed by atoms with E-state index in [2.05, 4.69) is 97.7 Å². The van der Waals surface area contributed by atoms with Gasteiger partial charge in [-0.05, 0) is 61.3 Å². The van der Waals surface area contributed by atoms with E-state index < -0.39 is 0 Å². The second kappa shape index (κ2) is 9.19. The second-order valence-corrected chi connectivity index (χ2v) is 11.6. The molecule has 2 aromatic rings. The molecule has 2 rings (SSSR count). The van der Waals surface area contributed by atoms with Crippen molar-refractivity contribution in [2.24, 2.45) is 0 Å². The standard InChI is InChI=1S/C26H40NOP/c1-10-26(8,22-16-18(3)15-21(23(22)28)25(5,6)7)29-24-19(4)13-12-14-20(24)17-27(9)11-2/h12-16,28-29H,10-11,17H2,1-9H3. The third kappa shape index (κ3) is 5.41. The fourth-order valence-electron chi connectivity index (χ4n) is 3.83. The quantitative estimate of drug-likeness (QED) is 0.532. The highest BCUT2D eigenvalue weighted by Crippen LogP contribution is 2.50. The number of aromatic hydroxyl groups is 1. The van der Waals surface area contributed by atoms with Crippen LogP contribution in [0.2, 0.25) is 0 Å². The van der Waals surface area contributed by atoms with Crippen molar-refractivity contribution >= 4 is 13.9 Å². The van der Waals surface area contributed by atoms with Crippen molar-refractivity contribution in [3.05, 3.63) is 58.1 Å². The molecule has 0 bridgehead atoms. The maximum absolute atomic E-state index is 11.3. The molecular formula is C26H40NOP. The van der Waals surface area contributed by atoms with Crippen LogP contribution in [0.4, 0.5) is 0 Å². The third-order valence-corrected chi connectivity index (χ3v) is 8.24. The Labute approximate surface area is 180 Å². The molecule has 2 atom stereocenters. The van der Waals surface area contributed by atoms with Crippen molar-refractivity contribution in [1.29, 1.82) is 0 Å². The van der Waals surface area contributed by atoms with E-state index in [1.54, 1.807) is 0 Å². The van der Waals surface area contributed by atoms with E-state index in [-0.39, 0.29) is 10.6 Å². The van der Waals surface area contributed by atoms with E-state index in [9.17, 15) is 5.11 Å². The van der Waals surface area contributed by atoms with E-state index in [0.717, 1.165) is 30.6 Å². The van der Waals surface area contributed by atoms with Crippen molar-refractivity contribution in [2.45, 2.75) is 78.9 Å². The van der Waals surface area contributed by atoms with Gasteiger partial charge in [0.1, 0.15) is 5.75 Å². The highest BCUT2D eigenvalue weighted by atomic mass is 31.1. The lowest BCUT2D eigenvalue weighted by molar-refractivity contribution is 0.346. The van der Waals surface area contributed by atoms with Gasteiger partial charge in [-0.3, -0.25) is 0 Å². The first-order valence-electron chi connectivity index (χ1n) is 10.8. The van der Waals surface area contributed by atoms with Gasteiger partial charge in [0.05, 0.1) is 0 Å². The van der Waals surface area contributed by atoms with Gasteiger partial charge < -0.3 is 10.0 Å². The number of hydrogen-bond acceptors (Lipinski definition) is 2. The maximum atomic E-state index is 11.3. The number of phenols is 1. The summed E-state index contributed by atoms with van der Waals surface area (Å²) in [4.78, 5) is 2.36. The molecule has 2 aromatic carbocycles. The minimum absolute atomic E-state index is 0.0831. The van der Waals surface area contributed by atoms with Crippen molar-refractivity contribution in [3.63, 3.8) is 0 Å². The van der Waals surface area contributed by atoms with Gasteiger partial charge in [-0.2, -0.15) is 0 Å². The van der Waals surface area contributed by atoms with Crippen LogP contribution in [0.1, 0.15) is 75.8 Å². The average Bonchev–Trinajstić information content (AvgIpc) is 2.64. The summed E-state index contributed by atoms with van der Waals surface area (Å²) in [5.74, 6) is 0.487. The highest BCUT2D eigenvalue weighted by molar-refractivity contribution is 7.48. The van der Waals surface area contributed by atoms with Crippen LogP contribution in [-0.2, 0) is 17.1 Å². The van der Waals surface area contributed by atoms with Crippen molar-refractivity contribution in [2.75, 3.05) is 13.6 Å². The predicted octanol–water partition coefficient (Wildman–Crippen LogP) is 6.39. The Hall–Kier alpha value is -1.37. The van der Waals surface area contributed by atoms with Crippen LogP contribution in [0.3, 0.4) is 0 Å². The molecule has 0 radical (unpaired) electrons. The molecule has 0 fully saturated rings. The molecule has 1 N–H and O–H groups in total. The number of benzene rings is 2. The minimum atomic E-state index is -0.0955. The molecule has 0 heterocycles. The van der Waals surface area contributed by atoms with Crippen LogP contribution in [0.5, 0.6) is 5.75 Å². The van der Waals surface area contributed by atoms with E-state index >= 15 is 0 Å². The number of aryl methyl sites for hydroxylation is 2. The molecule has 0 aliphatic rings.